The van der Waals surface area contributed by atoms with Gasteiger partial charge in [-0.2, -0.15) is 0 Å². The van der Waals surface area contributed by atoms with E-state index >= 15 is 0 Å². The summed E-state index contributed by atoms with van der Waals surface area (Å²) in [6.45, 7) is 1.78. The highest BCUT2D eigenvalue weighted by Crippen LogP contribution is 2.36. The molecule has 0 aliphatic heterocycles. The summed E-state index contributed by atoms with van der Waals surface area (Å²) in [5.41, 5.74) is 2.25. The molecule has 0 aliphatic rings. The Morgan fingerprint density at radius 3 is 2.24 bits per heavy atom. The number of hydrogen-bond acceptors (Lipinski definition) is 2. The summed E-state index contributed by atoms with van der Waals surface area (Å²) < 4.78 is 13.3. The third kappa shape index (κ3) is 4.48. The van der Waals surface area contributed by atoms with Crippen LogP contribution in [0.25, 0.3) is 0 Å². The normalized spacial score (nSPS) is 11.8. The van der Waals surface area contributed by atoms with E-state index in [-0.39, 0.29) is 11.7 Å². The van der Waals surface area contributed by atoms with Gasteiger partial charge in [0, 0.05) is 10.6 Å². The van der Waals surface area contributed by atoms with E-state index in [0.717, 1.165) is 10.5 Å². The molecule has 3 rings (SSSR count). The molecule has 1 unspecified atom stereocenters. The Hall–Kier alpha value is -2.59. The number of carbonyl (C=O) groups is 1. The number of anilines is 1. The van der Waals surface area contributed by atoms with Crippen molar-refractivity contribution < 1.29 is 9.18 Å². The van der Waals surface area contributed by atoms with Gasteiger partial charge in [-0.3, -0.25) is 4.79 Å². The Bertz CT molecular complexity index is 852. The lowest BCUT2D eigenvalue weighted by Gasteiger charge is -2.18. The van der Waals surface area contributed by atoms with Crippen LogP contribution >= 0.6 is 11.8 Å². The van der Waals surface area contributed by atoms with Crippen molar-refractivity contribution in [3.05, 3.63) is 95.8 Å². The maximum absolute atomic E-state index is 13.3. The molecule has 0 saturated carbocycles. The lowest BCUT2D eigenvalue weighted by atomic mass is 10.1. The molecular weight excluding hydrogens is 333 g/mol. The number of carbonyl (C=O) groups excluding carboxylic acids is 1. The van der Waals surface area contributed by atoms with Gasteiger partial charge < -0.3 is 5.32 Å². The number of amides is 1. The molecule has 126 valence electrons. The van der Waals surface area contributed by atoms with Crippen molar-refractivity contribution in [2.24, 2.45) is 0 Å². The highest BCUT2D eigenvalue weighted by molar-refractivity contribution is 8.00. The second-order valence-corrected chi connectivity index (χ2v) is 6.85. The summed E-state index contributed by atoms with van der Waals surface area (Å²) in [5, 5.41) is 2.53. The molecule has 0 heterocycles. The first-order chi connectivity index (χ1) is 12.1. The van der Waals surface area contributed by atoms with Gasteiger partial charge in [-0.25, -0.2) is 4.39 Å². The minimum Gasteiger partial charge on any atom is -0.325 e. The van der Waals surface area contributed by atoms with E-state index < -0.39 is 5.25 Å². The molecule has 0 aromatic heterocycles. The van der Waals surface area contributed by atoms with Crippen LogP contribution in [-0.2, 0) is 4.79 Å². The van der Waals surface area contributed by atoms with Crippen molar-refractivity contribution in [1.82, 2.24) is 0 Å². The Morgan fingerprint density at radius 2 is 1.60 bits per heavy atom. The summed E-state index contributed by atoms with van der Waals surface area (Å²) in [4.78, 5) is 13.9. The molecule has 0 radical (unpaired) electrons. The van der Waals surface area contributed by atoms with Gasteiger partial charge in [0.2, 0.25) is 5.91 Å². The predicted molar refractivity (Wildman–Crippen MR) is 101 cm³/mol. The second-order valence-electron chi connectivity index (χ2n) is 5.67. The first kappa shape index (κ1) is 17.2. The average Bonchev–Trinajstić information content (AvgIpc) is 2.63. The molecule has 3 aromatic carbocycles. The smallest absolute Gasteiger partial charge is 0.242 e. The third-order valence-corrected chi connectivity index (χ3v) is 5.05. The van der Waals surface area contributed by atoms with Crippen LogP contribution in [0.4, 0.5) is 10.1 Å². The van der Waals surface area contributed by atoms with E-state index in [1.54, 1.807) is 13.0 Å². The molecule has 25 heavy (non-hydrogen) atoms. The highest BCUT2D eigenvalue weighted by Gasteiger charge is 2.22. The fourth-order valence-corrected chi connectivity index (χ4v) is 3.55. The Balaban J connectivity index is 1.87. The first-order valence-corrected chi connectivity index (χ1v) is 8.85. The maximum atomic E-state index is 13.3. The van der Waals surface area contributed by atoms with Gasteiger partial charge >= 0.3 is 0 Å². The molecule has 0 spiro atoms. The van der Waals surface area contributed by atoms with Gasteiger partial charge in [0.15, 0.2) is 0 Å². The number of halogens is 1. The Kier molecular flexibility index (Phi) is 5.51. The molecule has 2 nitrogen and oxygen atoms in total. The van der Waals surface area contributed by atoms with Crippen LogP contribution in [0.2, 0.25) is 0 Å². The lowest BCUT2D eigenvalue weighted by molar-refractivity contribution is -0.115. The second kappa shape index (κ2) is 7.99. The maximum Gasteiger partial charge on any atom is 0.242 e. The van der Waals surface area contributed by atoms with Crippen LogP contribution in [-0.4, -0.2) is 5.91 Å². The van der Waals surface area contributed by atoms with E-state index in [1.807, 2.05) is 60.7 Å². The van der Waals surface area contributed by atoms with Gasteiger partial charge in [0.25, 0.3) is 0 Å². The molecule has 0 fully saturated rings. The first-order valence-electron chi connectivity index (χ1n) is 7.97. The fraction of sp³-hybridized carbons (Fsp3) is 0.0952. The third-order valence-electron chi connectivity index (χ3n) is 3.78. The number of aryl methyl sites for hydroxylation is 1. The van der Waals surface area contributed by atoms with Gasteiger partial charge in [-0.15, -0.1) is 11.8 Å². The number of benzene rings is 3. The molecule has 1 atom stereocenters. The van der Waals surface area contributed by atoms with Crippen LogP contribution in [0.1, 0.15) is 16.4 Å². The van der Waals surface area contributed by atoms with Crippen LogP contribution in [0.5, 0.6) is 0 Å². The van der Waals surface area contributed by atoms with Crippen molar-refractivity contribution in [1.29, 1.82) is 0 Å². The van der Waals surface area contributed by atoms with E-state index in [4.69, 9.17) is 0 Å². The summed E-state index contributed by atoms with van der Waals surface area (Å²) in [6, 6.07) is 23.8. The van der Waals surface area contributed by atoms with Crippen molar-refractivity contribution in [2.45, 2.75) is 17.1 Å². The number of rotatable bonds is 5. The summed E-state index contributed by atoms with van der Waals surface area (Å²) in [7, 11) is 0. The Morgan fingerprint density at radius 1 is 0.960 bits per heavy atom. The van der Waals surface area contributed by atoms with Crippen LogP contribution in [0.15, 0.2) is 83.8 Å². The van der Waals surface area contributed by atoms with Crippen LogP contribution in [0, 0.1) is 12.7 Å². The number of nitrogens with one attached hydrogen (secondary N) is 1. The average molecular weight is 351 g/mol. The molecular formula is C21H18FNOS. The Labute approximate surface area is 151 Å². The molecule has 4 heteroatoms. The molecule has 1 N–H and O–H groups in total. The van der Waals surface area contributed by atoms with Crippen molar-refractivity contribution in [2.75, 3.05) is 5.32 Å². The van der Waals surface area contributed by atoms with Gasteiger partial charge in [0.05, 0.1) is 0 Å². The zero-order valence-corrected chi connectivity index (χ0v) is 14.6. The zero-order valence-electron chi connectivity index (χ0n) is 13.8. The minimum absolute atomic E-state index is 0.130. The summed E-state index contributed by atoms with van der Waals surface area (Å²) >= 11 is 1.49. The number of thioether (sulfide) groups is 1. The summed E-state index contributed by atoms with van der Waals surface area (Å²) in [6.07, 6.45) is 0. The molecule has 0 aliphatic carbocycles. The minimum atomic E-state index is -0.395. The molecule has 1 amide bonds. The lowest BCUT2D eigenvalue weighted by Crippen LogP contribution is -2.19. The SMILES string of the molecule is Cc1cc(F)ccc1NC(=O)C(Sc1ccccc1)c1ccccc1. The molecule has 0 saturated heterocycles. The summed E-state index contributed by atoms with van der Waals surface area (Å²) in [5.74, 6) is -0.441. The van der Waals surface area contributed by atoms with Gasteiger partial charge in [-0.05, 0) is 48.4 Å². The molecule has 3 aromatic rings. The highest BCUT2D eigenvalue weighted by atomic mass is 32.2. The van der Waals surface area contributed by atoms with Crippen LogP contribution < -0.4 is 5.32 Å². The van der Waals surface area contributed by atoms with Crippen molar-refractivity contribution in [3.63, 3.8) is 0 Å². The monoisotopic (exact) mass is 351 g/mol. The van der Waals surface area contributed by atoms with Gasteiger partial charge in [-0.1, -0.05) is 48.5 Å². The van der Waals surface area contributed by atoms with E-state index in [1.165, 1.54) is 23.9 Å². The van der Waals surface area contributed by atoms with Crippen LogP contribution in [0.3, 0.4) is 0 Å². The van der Waals surface area contributed by atoms with E-state index in [0.29, 0.717) is 11.3 Å². The van der Waals surface area contributed by atoms with E-state index in [2.05, 4.69) is 5.32 Å². The predicted octanol–water partition coefficient (Wildman–Crippen LogP) is 5.61. The quantitative estimate of drug-likeness (QED) is 0.606. The van der Waals surface area contributed by atoms with E-state index in [9.17, 15) is 9.18 Å². The standard InChI is InChI=1S/C21H18FNOS/c1-15-14-17(22)12-13-19(15)23-21(24)20(16-8-4-2-5-9-16)25-18-10-6-3-7-11-18/h2-14,20H,1H3,(H,23,24). The van der Waals surface area contributed by atoms with Gasteiger partial charge in [0.1, 0.15) is 11.1 Å². The fourth-order valence-electron chi connectivity index (χ4n) is 2.50. The number of hydrogen-bond donors (Lipinski definition) is 1. The zero-order chi connectivity index (χ0) is 17.6. The van der Waals surface area contributed by atoms with Crippen molar-refractivity contribution in [3.8, 4) is 0 Å². The van der Waals surface area contributed by atoms with Crippen molar-refractivity contribution >= 4 is 23.4 Å². The topological polar surface area (TPSA) is 29.1 Å². The largest absolute Gasteiger partial charge is 0.325 e. The molecule has 0 bridgehead atoms.